The van der Waals surface area contributed by atoms with Gasteiger partial charge in [-0.2, -0.15) is 5.26 Å². The molecule has 0 N–H and O–H groups in total. The van der Waals surface area contributed by atoms with Gasteiger partial charge in [-0.1, -0.05) is 0 Å². The van der Waals surface area contributed by atoms with Crippen LogP contribution in [0.3, 0.4) is 0 Å². The van der Waals surface area contributed by atoms with Crippen LogP contribution in [0, 0.1) is 11.3 Å². The summed E-state index contributed by atoms with van der Waals surface area (Å²) in [6.45, 7) is 4.03. The predicted octanol–water partition coefficient (Wildman–Crippen LogP) is 1.93. The minimum atomic E-state index is -0.661. The summed E-state index contributed by atoms with van der Waals surface area (Å²) in [4.78, 5) is 0. The van der Waals surface area contributed by atoms with Gasteiger partial charge in [-0.3, -0.25) is 0 Å². The van der Waals surface area contributed by atoms with Crippen molar-refractivity contribution in [1.82, 2.24) is 0 Å². The number of nitrogens with zero attached hydrogens (tertiary/aromatic N) is 1. The van der Waals surface area contributed by atoms with Gasteiger partial charge < -0.3 is 4.74 Å². The third-order valence-electron chi connectivity index (χ3n) is 1.01. The second kappa shape index (κ2) is 4.54. The van der Waals surface area contributed by atoms with Gasteiger partial charge in [-0.05, 0) is 20.3 Å². The van der Waals surface area contributed by atoms with Crippen LogP contribution in [0.2, 0.25) is 0 Å². The van der Waals surface area contributed by atoms with Crippen molar-refractivity contribution in [2.24, 2.45) is 0 Å². The Morgan fingerprint density at radius 3 is 2.60 bits per heavy atom. The zero-order valence-electron chi connectivity index (χ0n) is 6.35. The molecular formula is C7H12ClNO. The maximum Gasteiger partial charge on any atom is 0.148 e. The molecule has 0 radical (unpaired) electrons. The normalized spacial score (nSPS) is 11.0. The van der Waals surface area contributed by atoms with E-state index < -0.39 is 5.60 Å². The predicted molar refractivity (Wildman–Crippen MR) is 41.0 cm³/mol. The summed E-state index contributed by atoms with van der Waals surface area (Å²) in [5.74, 6) is 0.585. The Balaban J connectivity index is 3.40. The van der Waals surface area contributed by atoms with E-state index in [4.69, 9.17) is 21.6 Å². The fourth-order valence-corrected chi connectivity index (χ4v) is 0.523. The molecule has 0 saturated heterocycles. The van der Waals surface area contributed by atoms with Crippen LogP contribution in [-0.2, 0) is 4.74 Å². The highest BCUT2D eigenvalue weighted by Crippen LogP contribution is 2.06. The number of hydrogen-bond donors (Lipinski definition) is 0. The molecule has 0 rings (SSSR count). The first-order valence-corrected chi connectivity index (χ1v) is 3.77. The standard InChI is InChI=1S/C7H12ClNO/c1-7(2,6-9)10-5-3-4-8/h3-5H2,1-2H3. The van der Waals surface area contributed by atoms with E-state index in [1.807, 2.05) is 6.07 Å². The van der Waals surface area contributed by atoms with Gasteiger partial charge in [0, 0.05) is 12.5 Å². The Morgan fingerprint density at radius 2 is 2.20 bits per heavy atom. The average molecular weight is 162 g/mol. The summed E-state index contributed by atoms with van der Waals surface area (Å²) in [6.07, 6.45) is 0.798. The molecule has 0 saturated carbocycles. The highest BCUT2D eigenvalue weighted by molar-refractivity contribution is 6.17. The minimum Gasteiger partial charge on any atom is -0.361 e. The first-order chi connectivity index (χ1) is 4.62. The van der Waals surface area contributed by atoms with E-state index in [2.05, 4.69) is 0 Å². The fraction of sp³-hybridized carbons (Fsp3) is 0.857. The van der Waals surface area contributed by atoms with E-state index in [1.54, 1.807) is 13.8 Å². The molecule has 0 atom stereocenters. The molecule has 0 aliphatic rings. The Bertz CT molecular complexity index is 128. The largest absolute Gasteiger partial charge is 0.361 e. The fourth-order valence-electron chi connectivity index (χ4n) is 0.414. The van der Waals surface area contributed by atoms with Crippen LogP contribution in [0.5, 0.6) is 0 Å². The molecule has 0 aromatic heterocycles. The van der Waals surface area contributed by atoms with Crippen molar-refractivity contribution < 1.29 is 4.74 Å². The van der Waals surface area contributed by atoms with E-state index >= 15 is 0 Å². The Morgan fingerprint density at radius 1 is 1.60 bits per heavy atom. The van der Waals surface area contributed by atoms with E-state index in [-0.39, 0.29) is 0 Å². The smallest absolute Gasteiger partial charge is 0.148 e. The zero-order valence-corrected chi connectivity index (χ0v) is 7.11. The van der Waals surface area contributed by atoms with Crippen molar-refractivity contribution in [3.05, 3.63) is 0 Å². The highest BCUT2D eigenvalue weighted by atomic mass is 35.5. The number of halogens is 1. The molecule has 0 amide bonds. The van der Waals surface area contributed by atoms with E-state index in [0.29, 0.717) is 12.5 Å². The summed E-state index contributed by atoms with van der Waals surface area (Å²) in [6, 6.07) is 2.03. The summed E-state index contributed by atoms with van der Waals surface area (Å²) in [5, 5.41) is 8.49. The molecule has 3 heteroatoms. The van der Waals surface area contributed by atoms with E-state index in [9.17, 15) is 0 Å². The minimum absolute atomic E-state index is 0.560. The molecule has 0 aliphatic heterocycles. The zero-order chi connectivity index (χ0) is 8.04. The maximum absolute atomic E-state index is 8.49. The van der Waals surface area contributed by atoms with Gasteiger partial charge >= 0.3 is 0 Å². The SMILES string of the molecule is CC(C)(C#N)OCCCCl. The van der Waals surface area contributed by atoms with Gasteiger partial charge in [0.2, 0.25) is 0 Å². The number of alkyl halides is 1. The quantitative estimate of drug-likeness (QED) is 0.466. The van der Waals surface area contributed by atoms with Crippen LogP contribution < -0.4 is 0 Å². The van der Waals surface area contributed by atoms with E-state index in [0.717, 1.165) is 6.42 Å². The molecule has 0 aromatic rings. The summed E-state index contributed by atoms with van der Waals surface area (Å²) in [7, 11) is 0. The molecule has 58 valence electrons. The molecule has 0 aromatic carbocycles. The lowest BCUT2D eigenvalue weighted by molar-refractivity contribution is 0.0263. The first-order valence-electron chi connectivity index (χ1n) is 3.23. The molecule has 0 bridgehead atoms. The van der Waals surface area contributed by atoms with Crippen molar-refractivity contribution in [1.29, 1.82) is 5.26 Å². The van der Waals surface area contributed by atoms with Crippen molar-refractivity contribution in [3.63, 3.8) is 0 Å². The lowest BCUT2D eigenvalue weighted by Crippen LogP contribution is -2.22. The molecule has 0 fully saturated rings. The number of hydrogen-bond acceptors (Lipinski definition) is 2. The average Bonchev–Trinajstić information content (AvgIpc) is 1.89. The Hall–Kier alpha value is -0.260. The number of ether oxygens (including phenoxy) is 1. The van der Waals surface area contributed by atoms with Crippen LogP contribution in [0.1, 0.15) is 20.3 Å². The monoisotopic (exact) mass is 161 g/mol. The van der Waals surface area contributed by atoms with Gasteiger partial charge in [-0.15, -0.1) is 11.6 Å². The van der Waals surface area contributed by atoms with Gasteiger partial charge in [0.15, 0.2) is 0 Å². The van der Waals surface area contributed by atoms with Crippen LogP contribution in [0.25, 0.3) is 0 Å². The molecule has 0 spiro atoms. The van der Waals surface area contributed by atoms with Crippen molar-refractivity contribution in [2.45, 2.75) is 25.9 Å². The summed E-state index contributed by atoms with van der Waals surface area (Å²) >= 11 is 5.41. The van der Waals surface area contributed by atoms with Gasteiger partial charge in [0.1, 0.15) is 5.60 Å². The summed E-state index contributed by atoms with van der Waals surface area (Å²) < 4.78 is 5.17. The maximum atomic E-state index is 8.49. The molecule has 10 heavy (non-hydrogen) atoms. The second-order valence-electron chi connectivity index (χ2n) is 2.51. The lowest BCUT2D eigenvalue weighted by Gasteiger charge is -2.15. The Kier molecular flexibility index (Phi) is 4.42. The third-order valence-corrected chi connectivity index (χ3v) is 1.28. The highest BCUT2D eigenvalue weighted by Gasteiger charge is 2.15. The molecule has 0 heterocycles. The third kappa shape index (κ3) is 4.60. The molecule has 0 unspecified atom stereocenters. The van der Waals surface area contributed by atoms with Gasteiger partial charge in [0.05, 0.1) is 6.07 Å². The summed E-state index contributed by atoms with van der Waals surface area (Å²) in [5.41, 5.74) is -0.661. The lowest BCUT2D eigenvalue weighted by atomic mass is 10.2. The topological polar surface area (TPSA) is 33.0 Å². The number of rotatable bonds is 4. The van der Waals surface area contributed by atoms with Crippen LogP contribution in [0.4, 0.5) is 0 Å². The first kappa shape index (κ1) is 9.74. The van der Waals surface area contributed by atoms with Crippen molar-refractivity contribution in [3.8, 4) is 6.07 Å². The van der Waals surface area contributed by atoms with Crippen LogP contribution in [-0.4, -0.2) is 18.1 Å². The second-order valence-corrected chi connectivity index (χ2v) is 2.89. The molecular weight excluding hydrogens is 150 g/mol. The van der Waals surface area contributed by atoms with Crippen molar-refractivity contribution in [2.75, 3.05) is 12.5 Å². The van der Waals surface area contributed by atoms with Gasteiger partial charge in [0.25, 0.3) is 0 Å². The van der Waals surface area contributed by atoms with Crippen LogP contribution >= 0.6 is 11.6 Å². The van der Waals surface area contributed by atoms with E-state index in [1.165, 1.54) is 0 Å². The number of nitriles is 1. The molecule has 0 aliphatic carbocycles. The Labute approximate surface area is 66.7 Å². The van der Waals surface area contributed by atoms with Crippen LogP contribution in [0.15, 0.2) is 0 Å². The molecule has 2 nitrogen and oxygen atoms in total. The van der Waals surface area contributed by atoms with Gasteiger partial charge in [-0.25, -0.2) is 0 Å². The van der Waals surface area contributed by atoms with Crippen molar-refractivity contribution >= 4 is 11.6 Å².